The minimum Gasteiger partial charge on any atom is -0.492 e. The second-order valence-corrected chi connectivity index (χ2v) is 6.04. The van der Waals surface area contributed by atoms with Gasteiger partial charge in [0.15, 0.2) is 0 Å². The Balaban J connectivity index is 1.48. The van der Waals surface area contributed by atoms with Crippen molar-refractivity contribution in [2.24, 2.45) is 0 Å². The molecule has 0 aliphatic rings. The van der Waals surface area contributed by atoms with E-state index in [2.05, 4.69) is 36.5 Å². The number of hydrogen-bond donors (Lipinski definition) is 1. The lowest BCUT2D eigenvalue weighted by atomic mass is 10.2. The zero-order valence-corrected chi connectivity index (χ0v) is 15.2. The van der Waals surface area contributed by atoms with Crippen molar-refractivity contribution in [3.8, 4) is 11.5 Å². The Bertz CT molecular complexity index is 785. The number of rotatable bonds is 9. The Kier molecular flexibility index (Phi) is 6.54. The first kappa shape index (κ1) is 17.9. The highest BCUT2D eigenvalue weighted by Crippen LogP contribution is 2.24. The fourth-order valence-corrected chi connectivity index (χ4v) is 2.65. The van der Waals surface area contributed by atoms with Crippen molar-refractivity contribution in [3.05, 3.63) is 90.0 Å². The number of benzene rings is 3. The number of nitrogens with one attached hydrogen (secondary N) is 1. The molecule has 0 amide bonds. The Morgan fingerprint density at radius 3 is 2.23 bits per heavy atom. The van der Waals surface area contributed by atoms with Crippen molar-refractivity contribution in [1.82, 2.24) is 0 Å². The smallest absolute Gasteiger partial charge is 0.142 e. The van der Waals surface area contributed by atoms with Crippen LogP contribution in [0.4, 0.5) is 5.69 Å². The maximum absolute atomic E-state index is 5.96. The van der Waals surface area contributed by atoms with E-state index in [1.54, 1.807) is 0 Å². The molecule has 0 bridgehead atoms. The number of aryl methyl sites for hydroxylation is 1. The van der Waals surface area contributed by atoms with Crippen molar-refractivity contribution in [2.75, 3.05) is 18.5 Å². The van der Waals surface area contributed by atoms with Gasteiger partial charge in [-0.2, -0.15) is 0 Å². The van der Waals surface area contributed by atoms with Gasteiger partial charge < -0.3 is 14.8 Å². The van der Waals surface area contributed by atoms with Crippen LogP contribution in [0.2, 0.25) is 0 Å². The van der Waals surface area contributed by atoms with Crippen molar-refractivity contribution in [3.63, 3.8) is 0 Å². The summed E-state index contributed by atoms with van der Waals surface area (Å²) in [5.74, 6) is 1.75. The molecular weight excluding hydrogens is 322 g/mol. The molecule has 0 aliphatic heterocycles. The lowest BCUT2D eigenvalue weighted by molar-refractivity contribution is 0.306. The van der Waals surface area contributed by atoms with Gasteiger partial charge >= 0.3 is 0 Å². The van der Waals surface area contributed by atoms with Crippen molar-refractivity contribution < 1.29 is 9.47 Å². The maximum atomic E-state index is 5.96. The van der Waals surface area contributed by atoms with E-state index < -0.39 is 0 Å². The third kappa shape index (κ3) is 5.28. The molecule has 0 spiro atoms. The van der Waals surface area contributed by atoms with Crippen molar-refractivity contribution in [1.29, 1.82) is 0 Å². The summed E-state index contributed by atoms with van der Waals surface area (Å²) in [4.78, 5) is 0. The summed E-state index contributed by atoms with van der Waals surface area (Å²) in [5.41, 5.74) is 3.45. The summed E-state index contributed by atoms with van der Waals surface area (Å²) >= 11 is 0. The largest absolute Gasteiger partial charge is 0.492 e. The molecule has 3 rings (SSSR count). The van der Waals surface area contributed by atoms with Crippen molar-refractivity contribution in [2.45, 2.75) is 20.0 Å². The zero-order chi connectivity index (χ0) is 18.0. The van der Waals surface area contributed by atoms with Crippen LogP contribution in [0.3, 0.4) is 0 Å². The van der Waals surface area contributed by atoms with Gasteiger partial charge in [0, 0.05) is 6.54 Å². The van der Waals surface area contributed by atoms with E-state index in [9.17, 15) is 0 Å². The minimum absolute atomic E-state index is 0.555. The first-order valence-corrected chi connectivity index (χ1v) is 9.06. The second kappa shape index (κ2) is 9.52. The van der Waals surface area contributed by atoms with Crippen LogP contribution in [0.5, 0.6) is 11.5 Å². The normalized spacial score (nSPS) is 10.3. The molecular formula is C23H25NO2. The molecule has 0 heterocycles. The third-order valence-corrected chi connectivity index (χ3v) is 4.14. The molecule has 0 unspecified atom stereocenters. The van der Waals surface area contributed by atoms with Crippen LogP contribution in [0.1, 0.15) is 18.1 Å². The molecule has 3 aromatic carbocycles. The Hall–Kier alpha value is -2.94. The number of ether oxygens (including phenoxy) is 2. The lowest BCUT2D eigenvalue weighted by Crippen LogP contribution is -2.12. The Morgan fingerprint density at radius 2 is 1.46 bits per heavy atom. The van der Waals surface area contributed by atoms with Crippen LogP contribution in [0.25, 0.3) is 0 Å². The highest BCUT2D eigenvalue weighted by atomic mass is 16.5. The molecule has 3 heteroatoms. The van der Waals surface area contributed by atoms with Crippen molar-refractivity contribution >= 4 is 5.69 Å². The predicted octanol–water partition coefficient (Wildman–Crippen LogP) is 5.32. The topological polar surface area (TPSA) is 30.5 Å². The van der Waals surface area contributed by atoms with Gasteiger partial charge in [0.05, 0.1) is 5.69 Å². The van der Waals surface area contributed by atoms with E-state index in [0.29, 0.717) is 19.8 Å². The number of anilines is 1. The molecule has 0 atom stereocenters. The quantitative estimate of drug-likeness (QED) is 0.532. The number of para-hydroxylation sites is 2. The van der Waals surface area contributed by atoms with Crippen LogP contribution in [-0.2, 0) is 13.0 Å². The lowest BCUT2D eigenvalue weighted by Gasteiger charge is -2.14. The molecule has 0 aliphatic carbocycles. The second-order valence-electron chi connectivity index (χ2n) is 6.04. The van der Waals surface area contributed by atoms with Crippen LogP contribution < -0.4 is 14.8 Å². The average molecular weight is 347 g/mol. The first-order valence-electron chi connectivity index (χ1n) is 9.06. The van der Waals surface area contributed by atoms with E-state index in [-0.39, 0.29) is 0 Å². The molecule has 1 N–H and O–H groups in total. The Labute approximate surface area is 155 Å². The molecule has 0 saturated heterocycles. The van der Waals surface area contributed by atoms with E-state index in [1.165, 1.54) is 5.56 Å². The van der Waals surface area contributed by atoms with Gasteiger partial charge in [0.1, 0.15) is 24.7 Å². The average Bonchev–Trinajstić information content (AvgIpc) is 2.71. The fraction of sp³-hybridized carbons (Fsp3) is 0.217. The predicted molar refractivity (Wildman–Crippen MR) is 107 cm³/mol. The molecule has 0 saturated carbocycles. The Morgan fingerprint density at radius 1 is 0.731 bits per heavy atom. The van der Waals surface area contributed by atoms with Crippen LogP contribution in [0, 0.1) is 0 Å². The molecule has 0 radical (unpaired) electrons. The summed E-state index contributed by atoms with van der Waals surface area (Å²) in [6.45, 7) is 4.01. The fourth-order valence-electron chi connectivity index (χ4n) is 2.65. The monoisotopic (exact) mass is 347 g/mol. The van der Waals surface area contributed by atoms with Crippen LogP contribution in [-0.4, -0.2) is 13.2 Å². The summed E-state index contributed by atoms with van der Waals surface area (Å²) in [6.07, 6.45) is 1.04. The maximum Gasteiger partial charge on any atom is 0.142 e. The van der Waals surface area contributed by atoms with Gasteiger partial charge in [0.25, 0.3) is 0 Å². The highest BCUT2D eigenvalue weighted by molar-refractivity contribution is 5.56. The van der Waals surface area contributed by atoms with E-state index in [1.807, 2.05) is 54.6 Å². The van der Waals surface area contributed by atoms with E-state index in [4.69, 9.17) is 9.47 Å². The summed E-state index contributed by atoms with van der Waals surface area (Å²) in [7, 11) is 0. The zero-order valence-electron chi connectivity index (χ0n) is 15.2. The summed E-state index contributed by atoms with van der Waals surface area (Å²) in [6, 6.07) is 26.4. The van der Waals surface area contributed by atoms with Gasteiger partial charge in [-0.1, -0.05) is 61.5 Å². The van der Waals surface area contributed by atoms with Gasteiger partial charge in [-0.3, -0.25) is 0 Å². The summed E-state index contributed by atoms with van der Waals surface area (Å²) in [5, 5.41) is 3.39. The molecule has 3 nitrogen and oxygen atoms in total. The van der Waals surface area contributed by atoms with Crippen LogP contribution >= 0.6 is 0 Å². The van der Waals surface area contributed by atoms with E-state index >= 15 is 0 Å². The molecule has 3 aromatic rings. The highest BCUT2D eigenvalue weighted by Gasteiger charge is 2.03. The first-order chi connectivity index (χ1) is 12.8. The number of hydrogen-bond acceptors (Lipinski definition) is 3. The standard InChI is InChI=1S/C23H25NO2/c1-2-19-12-14-21(15-13-19)25-17-16-24-22-10-6-7-11-23(22)26-18-20-8-4-3-5-9-20/h3-15,24H,2,16-18H2,1H3. The molecule has 134 valence electrons. The van der Waals surface area contributed by atoms with Gasteiger partial charge in [-0.05, 0) is 41.8 Å². The molecule has 26 heavy (non-hydrogen) atoms. The third-order valence-electron chi connectivity index (χ3n) is 4.14. The molecule has 0 aromatic heterocycles. The van der Waals surface area contributed by atoms with Gasteiger partial charge in [-0.25, -0.2) is 0 Å². The van der Waals surface area contributed by atoms with Gasteiger partial charge in [-0.15, -0.1) is 0 Å². The minimum atomic E-state index is 0.555. The van der Waals surface area contributed by atoms with Gasteiger partial charge in [0.2, 0.25) is 0 Å². The van der Waals surface area contributed by atoms with Crippen LogP contribution in [0.15, 0.2) is 78.9 Å². The van der Waals surface area contributed by atoms with E-state index in [0.717, 1.165) is 29.2 Å². The summed E-state index contributed by atoms with van der Waals surface area (Å²) < 4.78 is 11.8. The molecule has 0 fully saturated rings. The SMILES string of the molecule is CCc1ccc(OCCNc2ccccc2OCc2ccccc2)cc1.